The molecule has 0 saturated carbocycles. The molecule has 0 aromatic carbocycles. The van der Waals surface area contributed by atoms with E-state index in [-0.39, 0.29) is 11.6 Å². The maximum atomic E-state index is 5.84. The van der Waals surface area contributed by atoms with E-state index < -0.39 is 0 Å². The van der Waals surface area contributed by atoms with Gasteiger partial charge in [-0.05, 0) is 31.7 Å². The Labute approximate surface area is 94.6 Å². The Morgan fingerprint density at radius 3 is 3.07 bits per heavy atom. The third-order valence-corrected chi connectivity index (χ3v) is 4.26. The summed E-state index contributed by atoms with van der Waals surface area (Å²) in [7, 11) is 0. The van der Waals surface area contributed by atoms with Crippen molar-refractivity contribution in [2.24, 2.45) is 0 Å². The minimum absolute atomic E-state index is 0.0937. The molecule has 2 atom stereocenters. The largest absolute Gasteiger partial charge is 0.398 e. The van der Waals surface area contributed by atoms with Gasteiger partial charge < -0.3 is 15.8 Å². The summed E-state index contributed by atoms with van der Waals surface area (Å²) in [5.41, 5.74) is 6.83. The van der Waals surface area contributed by atoms with Crippen molar-refractivity contribution in [1.29, 1.82) is 0 Å². The second-order valence-electron chi connectivity index (χ2n) is 4.33. The van der Waals surface area contributed by atoms with Crippen molar-refractivity contribution in [2.75, 3.05) is 12.3 Å². The molecule has 1 aliphatic heterocycles. The van der Waals surface area contributed by atoms with Crippen LogP contribution in [0, 0.1) is 0 Å². The number of thiophene rings is 1. The molecule has 2 rings (SSSR count). The summed E-state index contributed by atoms with van der Waals surface area (Å²) in [6.07, 6.45) is 1.35. The fraction of sp³-hybridized carbons (Fsp3) is 0.636. The second-order valence-corrected chi connectivity index (χ2v) is 5.33. The van der Waals surface area contributed by atoms with Gasteiger partial charge in [-0.25, -0.2) is 0 Å². The predicted octanol–water partition coefficient (Wildman–Crippen LogP) is 1.99. The number of ether oxygens (including phenoxy) is 1. The molecule has 1 saturated heterocycles. The standard InChI is InChI=1S/C11H18N2OS/c1-8-11(2,4-5-14-8)13-7-10-9(12)3-6-15-10/h3,6,8,13H,4-5,7,12H2,1-2H3. The van der Waals surface area contributed by atoms with E-state index in [0.717, 1.165) is 25.3 Å². The van der Waals surface area contributed by atoms with Gasteiger partial charge >= 0.3 is 0 Å². The van der Waals surface area contributed by atoms with Crippen LogP contribution in [0.4, 0.5) is 5.69 Å². The average molecular weight is 226 g/mol. The summed E-state index contributed by atoms with van der Waals surface area (Å²) in [4.78, 5) is 1.22. The van der Waals surface area contributed by atoms with Gasteiger partial charge in [0.05, 0.1) is 6.10 Å². The van der Waals surface area contributed by atoms with Crippen molar-refractivity contribution >= 4 is 17.0 Å². The predicted molar refractivity (Wildman–Crippen MR) is 64.0 cm³/mol. The van der Waals surface area contributed by atoms with Crippen LogP contribution < -0.4 is 11.1 Å². The zero-order valence-corrected chi connectivity index (χ0v) is 10.1. The van der Waals surface area contributed by atoms with Crippen LogP contribution >= 0.6 is 11.3 Å². The van der Waals surface area contributed by atoms with Gasteiger partial charge in [-0.1, -0.05) is 0 Å². The molecule has 84 valence electrons. The summed E-state index contributed by atoms with van der Waals surface area (Å²) in [5.74, 6) is 0. The van der Waals surface area contributed by atoms with E-state index in [1.807, 2.05) is 11.4 Å². The highest BCUT2D eigenvalue weighted by Gasteiger charge is 2.36. The van der Waals surface area contributed by atoms with Crippen LogP contribution in [0.1, 0.15) is 25.1 Å². The molecule has 1 aromatic heterocycles. The second kappa shape index (κ2) is 4.12. The molecule has 0 radical (unpaired) electrons. The minimum Gasteiger partial charge on any atom is -0.398 e. The van der Waals surface area contributed by atoms with Crippen LogP contribution in [-0.4, -0.2) is 18.2 Å². The van der Waals surface area contributed by atoms with Crippen molar-refractivity contribution in [3.63, 3.8) is 0 Å². The molecule has 0 aliphatic carbocycles. The maximum Gasteiger partial charge on any atom is 0.0726 e. The summed E-state index contributed by atoms with van der Waals surface area (Å²) < 4.78 is 5.58. The van der Waals surface area contributed by atoms with Gasteiger partial charge in [-0.2, -0.15) is 0 Å². The summed E-state index contributed by atoms with van der Waals surface area (Å²) >= 11 is 1.70. The lowest BCUT2D eigenvalue weighted by Crippen LogP contribution is -2.47. The summed E-state index contributed by atoms with van der Waals surface area (Å²) in [6, 6.07) is 1.96. The Balaban J connectivity index is 1.96. The topological polar surface area (TPSA) is 47.3 Å². The zero-order valence-electron chi connectivity index (χ0n) is 9.25. The molecular weight excluding hydrogens is 208 g/mol. The maximum absolute atomic E-state index is 5.84. The SMILES string of the molecule is CC1OCCC1(C)NCc1sccc1N. The van der Waals surface area contributed by atoms with E-state index in [0.29, 0.717) is 0 Å². The lowest BCUT2D eigenvalue weighted by atomic mass is 9.95. The van der Waals surface area contributed by atoms with Gasteiger partial charge in [0.2, 0.25) is 0 Å². The first kappa shape index (κ1) is 10.9. The molecule has 3 N–H and O–H groups in total. The van der Waals surface area contributed by atoms with Crippen molar-refractivity contribution in [2.45, 2.75) is 38.5 Å². The summed E-state index contributed by atoms with van der Waals surface area (Å²) in [6.45, 7) is 6.03. The lowest BCUT2D eigenvalue weighted by molar-refractivity contribution is 0.0882. The normalized spacial score (nSPS) is 30.9. The molecule has 1 aliphatic rings. The van der Waals surface area contributed by atoms with Gasteiger partial charge in [0, 0.05) is 29.3 Å². The van der Waals surface area contributed by atoms with Crippen LogP contribution in [0.5, 0.6) is 0 Å². The molecular formula is C11H18N2OS. The fourth-order valence-corrected chi connectivity index (χ4v) is 2.58. The first-order chi connectivity index (χ1) is 7.12. The van der Waals surface area contributed by atoms with Crippen molar-refractivity contribution in [3.8, 4) is 0 Å². The molecule has 2 heterocycles. The van der Waals surface area contributed by atoms with Crippen molar-refractivity contribution < 1.29 is 4.74 Å². The monoisotopic (exact) mass is 226 g/mol. The molecule has 1 aromatic rings. The Morgan fingerprint density at radius 2 is 2.53 bits per heavy atom. The van der Waals surface area contributed by atoms with Crippen molar-refractivity contribution in [1.82, 2.24) is 5.32 Å². The number of nitrogen functional groups attached to an aromatic ring is 1. The van der Waals surface area contributed by atoms with Gasteiger partial charge in [-0.3, -0.25) is 0 Å². The molecule has 0 amide bonds. The Hall–Kier alpha value is -0.580. The van der Waals surface area contributed by atoms with E-state index in [9.17, 15) is 0 Å². The molecule has 3 nitrogen and oxygen atoms in total. The highest BCUT2D eigenvalue weighted by atomic mass is 32.1. The smallest absolute Gasteiger partial charge is 0.0726 e. The minimum atomic E-state index is 0.0937. The molecule has 2 unspecified atom stereocenters. The quantitative estimate of drug-likeness (QED) is 0.828. The number of hydrogen-bond donors (Lipinski definition) is 2. The third kappa shape index (κ3) is 2.17. The molecule has 0 spiro atoms. The number of hydrogen-bond acceptors (Lipinski definition) is 4. The van der Waals surface area contributed by atoms with Crippen LogP contribution in [0.3, 0.4) is 0 Å². The van der Waals surface area contributed by atoms with Crippen LogP contribution in [0.15, 0.2) is 11.4 Å². The van der Waals surface area contributed by atoms with E-state index in [1.54, 1.807) is 11.3 Å². The zero-order chi connectivity index (χ0) is 10.9. The highest BCUT2D eigenvalue weighted by Crippen LogP contribution is 2.27. The Morgan fingerprint density at radius 1 is 1.73 bits per heavy atom. The van der Waals surface area contributed by atoms with E-state index >= 15 is 0 Å². The number of anilines is 1. The van der Waals surface area contributed by atoms with Gasteiger partial charge in [0.1, 0.15) is 0 Å². The van der Waals surface area contributed by atoms with Crippen LogP contribution in [0.25, 0.3) is 0 Å². The Kier molecular flexibility index (Phi) is 3.00. The number of nitrogens with one attached hydrogen (secondary N) is 1. The lowest BCUT2D eigenvalue weighted by Gasteiger charge is -2.28. The van der Waals surface area contributed by atoms with Gasteiger partial charge in [-0.15, -0.1) is 11.3 Å². The van der Waals surface area contributed by atoms with E-state index in [2.05, 4.69) is 19.2 Å². The van der Waals surface area contributed by atoms with E-state index in [4.69, 9.17) is 10.5 Å². The van der Waals surface area contributed by atoms with Crippen LogP contribution in [-0.2, 0) is 11.3 Å². The van der Waals surface area contributed by atoms with Crippen molar-refractivity contribution in [3.05, 3.63) is 16.3 Å². The molecule has 15 heavy (non-hydrogen) atoms. The number of rotatable bonds is 3. The first-order valence-electron chi connectivity index (χ1n) is 5.30. The average Bonchev–Trinajstić information content (AvgIpc) is 2.73. The molecule has 4 heteroatoms. The van der Waals surface area contributed by atoms with Crippen LogP contribution in [0.2, 0.25) is 0 Å². The molecule has 0 bridgehead atoms. The first-order valence-corrected chi connectivity index (χ1v) is 6.18. The van der Waals surface area contributed by atoms with Gasteiger partial charge in [0.15, 0.2) is 0 Å². The molecule has 1 fully saturated rings. The highest BCUT2D eigenvalue weighted by molar-refractivity contribution is 7.10. The van der Waals surface area contributed by atoms with E-state index in [1.165, 1.54) is 4.88 Å². The summed E-state index contributed by atoms with van der Waals surface area (Å²) in [5, 5.41) is 5.59. The third-order valence-electron chi connectivity index (χ3n) is 3.32. The Bertz CT molecular complexity index is 339. The van der Waals surface area contributed by atoms with Gasteiger partial charge in [0.25, 0.3) is 0 Å². The fourth-order valence-electron chi connectivity index (χ4n) is 1.84. The number of nitrogens with two attached hydrogens (primary N) is 1.